The van der Waals surface area contributed by atoms with Crippen LogP contribution in [0.3, 0.4) is 0 Å². The van der Waals surface area contributed by atoms with E-state index in [-0.39, 0.29) is 12.0 Å². The fraction of sp³-hybridized carbons (Fsp3) is 0.0800. The van der Waals surface area contributed by atoms with Crippen molar-refractivity contribution in [2.24, 2.45) is 0 Å². The molecule has 0 spiro atoms. The molecule has 2 heterocycles. The van der Waals surface area contributed by atoms with Gasteiger partial charge in [0.05, 0.1) is 17.3 Å². The van der Waals surface area contributed by atoms with Crippen LogP contribution in [0, 0.1) is 0 Å². The lowest BCUT2D eigenvalue weighted by Gasteiger charge is -2.31. The highest BCUT2D eigenvalue weighted by Gasteiger charge is 2.43. The molecule has 0 saturated carbocycles. The number of anilines is 2. The fourth-order valence-corrected chi connectivity index (χ4v) is 9.04. The molecule has 2 nitrogen and oxygen atoms in total. The normalized spacial score (nSPS) is 15.8. The number of hydrogen-bond acceptors (Lipinski definition) is 1. The second-order valence-corrected chi connectivity index (χ2v) is 13.6. The van der Waals surface area contributed by atoms with Gasteiger partial charge in [0, 0.05) is 28.4 Å². The molecule has 0 fully saturated rings. The molecular weight excluding hydrogens is 629 g/mol. The average molecular weight is 667 g/mol. The number of para-hydroxylation sites is 2. The Labute approximate surface area is 304 Å². The zero-order valence-corrected chi connectivity index (χ0v) is 29.4. The van der Waals surface area contributed by atoms with Crippen molar-refractivity contribution < 1.29 is 0 Å². The van der Waals surface area contributed by atoms with E-state index in [1.807, 2.05) is 13.8 Å². The van der Waals surface area contributed by atoms with Gasteiger partial charge in [-0.25, -0.2) is 0 Å². The van der Waals surface area contributed by atoms with Crippen LogP contribution < -0.4 is 4.90 Å². The van der Waals surface area contributed by atoms with E-state index in [1.54, 1.807) is 0 Å². The van der Waals surface area contributed by atoms with Crippen molar-refractivity contribution in [2.45, 2.75) is 25.8 Å². The minimum absolute atomic E-state index is 0.152. The third kappa shape index (κ3) is 4.44. The first-order valence-electron chi connectivity index (χ1n) is 18.5. The fourth-order valence-electron chi connectivity index (χ4n) is 9.04. The molecule has 2 heteroatoms. The Morgan fingerprint density at radius 3 is 1.79 bits per heavy atom. The molecule has 1 aliphatic carbocycles. The van der Waals surface area contributed by atoms with Gasteiger partial charge in [0.25, 0.3) is 0 Å². The topological polar surface area (TPSA) is 8.17 Å². The summed E-state index contributed by atoms with van der Waals surface area (Å²) < 4.78 is 2.47. The van der Waals surface area contributed by atoms with Gasteiger partial charge in [-0.05, 0) is 97.0 Å². The maximum absolute atomic E-state index is 2.59. The SMILES string of the molecule is C1=CC2C(c3ccccc3N2c2ccc3c4ccccc4c4ccccc4c3c2)c2c1n(-c1cccc(-c3ccccc3)c1)c1ccccc21.CC. The Morgan fingerprint density at radius 2 is 1.04 bits per heavy atom. The molecule has 52 heavy (non-hydrogen) atoms. The molecule has 2 aliphatic rings. The average Bonchev–Trinajstić information content (AvgIpc) is 3.75. The zero-order valence-electron chi connectivity index (χ0n) is 29.4. The maximum Gasteiger partial charge on any atom is 0.0637 e. The molecule has 1 aliphatic heterocycles. The summed E-state index contributed by atoms with van der Waals surface area (Å²) in [4.78, 5) is 2.59. The van der Waals surface area contributed by atoms with Crippen molar-refractivity contribution in [2.75, 3.05) is 4.90 Å². The van der Waals surface area contributed by atoms with E-state index in [0.717, 1.165) is 0 Å². The monoisotopic (exact) mass is 666 g/mol. The molecule has 0 radical (unpaired) electrons. The highest BCUT2D eigenvalue weighted by atomic mass is 15.2. The first-order valence-corrected chi connectivity index (χ1v) is 18.5. The molecular formula is C50H38N2. The van der Waals surface area contributed by atoms with E-state index in [4.69, 9.17) is 0 Å². The van der Waals surface area contributed by atoms with Gasteiger partial charge >= 0.3 is 0 Å². The first-order chi connectivity index (χ1) is 25.8. The van der Waals surface area contributed by atoms with E-state index in [1.165, 1.54) is 88.2 Å². The van der Waals surface area contributed by atoms with Crippen molar-refractivity contribution in [1.29, 1.82) is 0 Å². The highest BCUT2D eigenvalue weighted by molar-refractivity contribution is 6.25. The highest BCUT2D eigenvalue weighted by Crippen LogP contribution is 2.54. The van der Waals surface area contributed by atoms with Gasteiger partial charge in [-0.15, -0.1) is 0 Å². The Hall–Kier alpha value is -6.38. The van der Waals surface area contributed by atoms with Crippen LogP contribution in [0.1, 0.15) is 36.6 Å². The lowest BCUT2D eigenvalue weighted by molar-refractivity contribution is 0.726. The maximum atomic E-state index is 2.59. The molecule has 0 amide bonds. The molecule has 2 atom stereocenters. The van der Waals surface area contributed by atoms with E-state index in [2.05, 4.69) is 191 Å². The van der Waals surface area contributed by atoms with E-state index in [0.29, 0.717) is 0 Å². The molecule has 2 unspecified atom stereocenters. The zero-order chi connectivity index (χ0) is 34.8. The standard InChI is InChI=1S/C48H32N2.C2H6/c1-2-13-31(14-3-1)32-15-12-16-33(29-32)49-43-23-10-8-21-40(43)47-45(49)27-28-46-48(47)41-22-9-11-24-44(41)50(46)34-25-26-39-37-19-5-4-17-35(37)36-18-6-7-20-38(36)42(39)30-34;1-2/h1-30,46,48H;1-2H3. The molecule has 8 aromatic carbocycles. The molecule has 9 aromatic rings. The Morgan fingerprint density at radius 1 is 0.442 bits per heavy atom. The minimum atomic E-state index is 0.152. The number of fused-ring (bicyclic) bond motifs is 13. The van der Waals surface area contributed by atoms with Crippen LogP contribution in [0.4, 0.5) is 11.4 Å². The molecule has 0 N–H and O–H groups in total. The summed E-state index contributed by atoms with van der Waals surface area (Å²) in [5.74, 6) is 0.193. The van der Waals surface area contributed by atoms with Gasteiger partial charge in [-0.3, -0.25) is 0 Å². The van der Waals surface area contributed by atoms with Gasteiger partial charge in [0.15, 0.2) is 0 Å². The first kappa shape index (κ1) is 30.4. The lowest BCUT2D eigenvalue weighted by atomic mass is 9.82. The second kappa shape index (κ2) is 12.1. The van der Waals surface area contributed by atoms with Crippen molar-refractivity contribution >= 4 is 60.7 Å². The minimum Gasteiger partial charge on any atom is -0.333 e. The predicted octanol–water partition coefficient (Wildman–Crippen LogP) is 13.5. The van der Waals surface area contributed by atoms with Crippen LogP contribution in [0.2, 0.25) is 0 Å². The third-order valence-corrected chi connectivity index (χ3v) is 11.1. The number of benzene rings is 8. The molecule has 0 bridgehead atoms. The van der Waals surface area contributed by atoms with Crippen molar-refractivity contribution in [3.63, 3.8) is 0 Å². The van der Waals surface area contributed by atoms with Crippen LogP contribution >= 0.6 is 0 Å². The molecule has 11 rings (SSSR count). The third-order valence-electron chi connectivity index (χ3n) is 11.1. The molecule has 1 aromatic heterocycles. The van der Waals surface area contributed by atoms with Crippen molar-refractivity contribution in [3.8, 4) is 16.8 Å². The summed E-state index contributed by atoms with van der Waals surface area (Å²) in [7, 11) is 0. The smallest absolute Gasteiger partial charge is 0.0637 e. The number of rotatable bonds is 3. The summed E-state index contributed by atoms with van der Waals surface area (Å²) in [5.41, 5.74) is 11.4. The Bertz CT molecular complexity index is 2800. The van der Waals surface area contributed by atoms with Crippen LogP contribution in [0.5, 0.6) is 0 Å². The molecule has 0 saturated heterocycles. The van der Waals surface area contributed by atoms with Crippen LogP contribution in [0.25, 0.3) is 66.1 Å². The van der Waals surface area contributed by atoms with Gasteiger partial charge in [-0.2, -0.15) is 0 Å². The summed E-state index contributed by atoms with van der Waals surface area (Å²) in [5, 5.41) is 9.14. The van der Waals surface area contributed by atoms with Gasteiger partial charge in [0.1, 0.15) is 0 Å². The van der Waals surface area contributed by atoms with E-state index in [9.17, 15) is 0 Å². The van der Waals surface area contributed by atoms with Gasteiger partial charge < -0.3 is 9.47 Å². The number of nitrogens with zero attached hydrogens (tertiary/aromatic N) is 2. The van der Waals surface area contributed by atoms with Crippen molar-refractivity contribution in [3.05, 3.63) is 193 Å². The summed E-state index contributed by atoms with van der Waals surface area (Å²) in [6.45, 7) is 4.00. The van der Waals surface area contributed by atoms with Crippen LogP contribution in [-0.4, -0.2) is 10.6 Å². The van der Waals surface area contributed by atoms with Gasteiger partial charge in [0.2, 0.25) is 0 Å². The largest absolute Gasteiger partial charge is 0.333 e. The van der Waals surface area contributed by atoms with E-state index >= 15 is 0 Å². The Balaban J connectivity index is 0.00000166. The van der Waals surface area contributed by atoms with Crippen LogP contribution in [-0.2, 0) is 0 Å². The van der Waals surface area contributed by atoms with Gasteiger partial charge in [-0.1, -0.05) is 153 Å². The second-order valence-electron chi connectivity index (χ2n) is 13.6. The summed E-state index contributed by atoms with van der Waals surface area (Å²) >= 11 is 0. The quantitative estimate of drug-likeness (QED) is 0.170. The van der Waals surface area contributed by atoms with Crippen LogP contribution in [0.15, 0.2) is 176 Å². The lowest BCUT2D eigenvalue weighted by Crippen LogP contribution is -2.30. The van der Waals surface area contributed by atoms with E-state index < -0.39 is 0 Å². The Kier molecular flexibility index (Phi) is 7.11. The number of aromatic nitrogens is 1. The number of hydrogen-bond donors (Lipinski definition) is 0. The summed E-state index contributed by atoms with van der Waals surface area (Å²) in [6.07, 6.45) is 4.83. The molecule has 248 valence electrons. The summed E-state index contributed by atoms with van der Waals surface area (Å²) in [6, 6.07) is 62.7. The van der Waals surface area contributed by atoms with Crippen molar-refractivity contribution in [1.82, 2.24) is 4.57 Å². The predicted molar refractivity (Wildman–Crippen MR) is 222 cm³/mol.